The minimum absolute atomic E-state index is 0.140. The van der Waals surface area contributed by atoms with Crippen molar-refractivity contribution in [2.75, 3.05) is 18.2 Å². The molecule has 2 aliphatic rings. The third kappa shape index (κ3) is 2.38. The smallest absolute Gasteiger partial charge is 0.188 e. The Bertz CT molecular complexity index is 328. The molecule has 0 N–H and O–H groups in total. The highest BCUT2D eigenvalue weighted by Crippen LogP contribution is 2.69. The molecule has 0 amide bonds. The van der Waals surface area contributed by atoms with Crippen molar-refractivity contribution in [1.82, 2.24) is 0 Å². The SMILES string of the molecule is [B][C@@H]1O[C@@]2(CCSP(C)(=O)SC2)[C@H](C)C1C. The third-order valence-corrected chi connectivity index (χ3v) is 11.5. The summed E-state index contributed by atoms with van der Waals surface area (Å²) in [5.74, 6) is 2.59. The first-order valence-corrected chi connectivity index (χ1v) is 11.0. The van der Waals surface area contributed by atoms with E-state index in [0.29, 0.717) is 11.8 Å². The monoisotopic (exact) mass is 276 g/mol. The summed E-state index contributed by atoms with van der Waals surface area (Å²) in [6, 6.07) is -0.157. The van der Waals surface area contributed by atoms with Gasteiger partial charge in [0, 0.05) is 24.2 Å². The molecule has 0 bridgehead atoms. The Morgan fingerprint density at radius 1 is 1.44 bits per heavy atom. The summed E-state index contributed by atoms with van der Waals surface area (Å²) in [6.07, 6.45) is 0.974. The van der Waals surface area contributed by atoms with Gasteiger partial charge < -0.3 is 9.30 Å². The maximum Gasteiger partial charge on any atom is 0.188 e. The molecule has 16 heavy (non-hydrogen) atoms. The van der Waals surface area contributed by atoms with Crippen molar-refractivity contribution in [2.45, 2.75) is 31.9 Å². The number of hydrogen-bond donors (Lipinski definition) is 0. The first-order valence-electron chi connectivity index (χ1n) is 5.66. The quantitative estimate of drug-likeness (QED) is 0.501. The van der Waals surface area contributed by atoms with E-state index in [9.17, 15) is 4.57 Å². The molecule has 0 saturated carbocycles. The van der Waals surface area contributed by atoms with Gasteiger partial charge in [0.2, 0.25) is 0 Å². The van der Waals surface area contributed by atoms with Gasteiger partial charge in [-0.2, -0.15) is 0 Å². The fraction of sp³-hybridized carbons (Fsp3) is 1.00. The van der Waals surface area contributed by atoms with Gasteiger partial charge in [-0.1, -0.05) is 36.6 Å². The van der Waals surface area contributed by atoms with E-state index >= 15 is 0 Å². The molecule has 0 aromatic rings. The zero-order chi connectivity index (χ0) is 12.0. The van der Waals surface area contributed by atoms with Crippen LogP contribution in [-0.4, -0.2) is 37.6 Å². The Labute approximate surface area is 107 Å². The normalized spacial score (nSPS) is 54.1. The van der Waals surface area contributed by atoms with E-state index in [1.54, 1.807) is 22.8 Å². The first-order chi connectivity index (χ1) is 7.36. The minimum Gasteiger partial charge on any atom is -0.380 e. The third-order valence-electron chi connectivity index (χ3n) is 3.90. The molecule has 2 aliphatic heterocycles. The predicted octanol–water partition coefficient (Wildman–Crippen LogP) is 3.22. The summed E-state index contributed by atoms with van der Waals surface area (Å²) < 4.78 is 18.1. The zero-order valence-electron chi connectivity index (χ0n) is 10.0. The second-order valence-corrected chi connectivity index (χ2v) is 14.1. The molecular formula is C10H18BO2PS2. The summed E-state index contributed by atoms with van der Waals surface area (Å²) in [5, 5.41) is 0. The van der Waals surface area contributed by atoms with Crippen molar-refractivity contribution in [3.63, 3.8) is 0 Å². The maximum absolute atomic E-state index is 12.1. The molecule has 2 radical (unpaired) electrons. The Balaban J connectivity index is 2.17. The van der Waals surface area contributed by atoms with Crippen molar-refractivity contribution in [3.8, 4) is 0 Å². The van der Waals surface area contributed by atoms with E-state index in [2.05, 4.69) is 13.8 Å². The van der Waals surface area contributed by atoms with E-state index in [0.717, 1.165) is 17.9 Å². The summed E-state index contributed by atoms with van der Waals surface area (Å²) in [7, 11) is 5.99. The molecule has 1 spiro atoms. The molecule has 0 aromatic carbocycles. The standard InChI is InChI=1S/C10H18BO2PS2/c1-7-8(2)10(13-9(7)11)4-5-15-14(3,12)16-6-10/h7-9H,4-6H2,1-3H3/t7?,8-,9-,10-,14?/m1/s1. The van der Waals surface area contributed by atoms with E-state index < -0.39 is 5.55 Å². The van der Waals surface area contributed by atoms with Crippen molar-refractivity contribution in [1.29, 1.82) is 0 Å². The van der Waals surface area contributed by atoms with Crippen LogP contribution < -0.4 is 0 Å². The van der Waals surface area contributed by atoms with E-state index in [4.69, 9.17) is 12.6 Å². The highest BCUT2D eigenvalue weighted by atomic mass is 33.1. The van der Waals surface area contributed by atoms with Crippen LogP contribution >= 0.6 is 28.3 Å². The molecule has 2 heterocycles. The lowest BCUT2D eigenvalue weighted by Crippen LogP contribution is -2.38. The van der Waals surface area contributed by atoms with Gasteiger partial charge in [-0.15, -0.1) is 0 Å². The second-order valence-electron chi connectivity index (χ2n) is 4.92. The van der Waals surface area contributed by atoms with Gasteiger partial charge in [-0.05, 0) is 18.3 Å². The fourth-order valence-electron chi connectivity index (χ4n) is 2.42. The van der Waals surface area contributed by atoms with E-state index in [1.807, 2.05) is 6.66 Å². The van der Waals surface area contributed by atoms with Gasteiger partial charge in [0.1, 0.15) is 7.85 Å². The Kier molecular flexibility index (Phi) is 3.82. The van der Waals surface area contributed by atoms with Crippen LogP contribution in [0.25, 0.3) is 0 Å². The highest BCUT2D eigenvalue weighted by Gasteiger charge is 2.50. The Morgan fingerprint density at radius 3 is 2.69 bits per heavy atom. The van der Waals surface area contributed by atoms with Crippen LogP contribution in [0.3, 0.4) is 0 Å². The second kappa shape index (κ2) is 4.57. The zero-order valence-corrected chi connectivity index (χ0v) is 12.5. The molecule has 2 fully saturated rings. The topological polar surface area (TPSA) is 26.3 Å². The Hall–Kier alpha value is 0.955. The molecule has 0 aliphatic carbocycles. The van der Waals surface area contributed by atoms with Crippen LogP contribution in [0.1, 0.15) is 20.3 Å². The van der Waals surface area contributed by atoms with Crippen LogP contribution in [0.15, 0.2) is 0 Å². The Morgan fingerprint density at radius 2 is 2.12 bits per heavy atom. The first kappa shape index (κ1) is 13.4. The molecule has 5 atom stereocenters. The van der Waals surface area contributed by atoms with Crippen molar-refractivity contribution in [3.05, 3.63) is 0 Å². The number of rotatable bonds is 0. The lowest BCUT2D eigenvalue weighted by Gasteiger charge is -2.31. The molecule has 90 valence electrons. The van der Waals surface area contributed by atoms with Gasteiger partial charge in [0.15, 0.2) is 5.55 Å². The predicted molar refractivity (Wildman–Crippen MR) is 74.7 cm³/mol. The minimum atomic E-state index is -2.06. The van der Waals surface area contributed by atoms with Crippen molar-refractivity contribution >= 4 is 36.2 Å². The highest BCUT2D eigenvalue weighted by molar-refractivity contribution is 8.90. The summed E-state index contributed by atoms with van der Waals surface area (Å²) >= 11 is 3.19. The van der Waals surface area contributed by atoms with E-state index in [1.165, 1.54) is 0 Å². The molecule has 2 saturated heterocycles. The number of ether oxygens (including phenoxy) is 1. The largest absolute Gasteiger partial charge is 0.380 e. The van der Waals surface area contributed by atoms with Gasteiger partial charge in [-0.3, -0.25) is 0 Å². The average Bonchev–Trinajstić information content (AvgIpc) is 2.37. The molecule has 0 aromatic heterocycles. The number of hydrogen-bond acceptors (Lipinski definition) is 4. The van der Waals surface area contributed by atoms with Crippen LogP contribution in [0.4, 0.5) is 0 Å². The van der Waals surface area contributed by atoms with Crippen molar-refractivity contribution in [2.24, 2.45) is 11.8 Å². The lowest BCUT2D eigenvalue weighted by atomic mass is 9.77. The molecular weight excluding hydrogens is 258 g/mol. The average molecular weight is 276 g/mol. The van der Waals surface area contributed by atoms with Crippen LogP contribution in [0.2, 0.25) is 0 Å². The molecule has 6 heteroatoms. The van der Waals surface area contributed by atoms with Gasteiger partial charge >= 0.3 is 0 Å². The van der Waals surface area contributed by atoms with Crippen LogP contribution in [0, 0.1) is 11.8 Å². The summed E-state index contributed by atoms with van der Waals surface area (Å²) in [4.78, 5) is 0. The van der Waals surface area contributed by atoms with E-state index in [-0.39, 0.29) is 11.6 Å². The molecule has 2 nitrogen and oxygen atoms in total. The van der Waals surface area contributed by atoms with Gasteiger partial charge in [0.25, 0.3) is 0 Å². The summed E-state index contributed by atoms with van der Waals surface area (Å²) in [5.41, 5.74) is -2.20. The van der Waals surface area contributed by atoms with Crippen LogP contribution in [0.5, 0.6) is 0 Å². The van der Waals surface area contributed by atoms with Gasteiger partial charge in [-0.25, -0.2) is 0 Å². The lowest BCUT2D eigenvalue weighted by molar-refractivity contribution is -0.0134. The van der Waals surface area contributed by atoms with Gasteiger partial charge in [0.05, 0.1) is 5.60 Å². The maximum atomic E-state index is 12.1. The molecule has 2 unspecified atom stereocenters. The fourth-order valence-corrected chi connectivity index (χ4v) is 8.86. The van der Waals surface area contributed by atoms with Crippen molar-refractivity contribution < 1.29 is 9.30 Å². The molecule has 2 rings (SSSR count). The van der Waals surface area contributed by atoms with Crippen LogP contribution in [-0.2, 0) is 9.30 Å². The summed E-state index contributed by atoms with van der Waals surface area (Å²) in [6.45, 7) is 6.23.